The molecule has 1 saturated heterocycles. The van der Waals surface area contributed by atoms with Crippen LogP contribution in [0.5, 0.6) is 5.75 Å². The Morgan fingerprint density at radius 2 is 1.87 bits per heavy atom. The van der Waals surface area contributed by atoms with E-state index in [-0.39, 0.29) is 6.61 Å². The molecule has 0 atom stereocenters. The third-order valence-electron chi connectivity index (χ3n) is 4.43. The van der Waals surface area contributed by atoms with Crippen LogP contribution in [0.1, 0.15) is 29.8 Å². The highest BCUT2D eigenvalue weighted by atomic mass is 16.5. The summed E-state index contributed by atoms with van der Waals surface area (Å²) in [5.41, 5.74) is 2.82. The van der Waals surface area contributed by atoms with Gasteiger partial charge in [-0.2, -0.15) is 0 Å². The molecule has 6 nitrogen and oxygen atoms in total. The number of nitrogens with zero attached hydrogens (tertiary/aromatic N) is 4. The van der Waals surface area contributed by atoms with Crippen LogP contribution >= 0.6 is 0 Å². The fourth-order valence-electron chi connectivity index (χ4n) is 3.04. The Kier molecular flexibility index (Phi) is 5.25. The van der Waals surface area contributed by atoms with Gasteiger partial charge in [-0.05, 0) is 43.6 Å². The van der Waals surface area contributed by atoms with E-state index in [2.05, 4.69) is 15.2 Å². The summed E-state index contributed by atoms with van der Waals surface area (Å²) in [6, 6.07) is 7.98. The lowest BCUT2D eigenvalue weighted by Gasteiger charge is -2.15. The number of hydrogen-bond acceptors (Lipinski definition) is 5. The Bertz CT molecular complexity index is 618. The van der Waals surface area contributed by atoms with Crippen LogP contribution in [0.15, 0.2) is 24.3 Å². The number of rotatable bonds is 7. The third kappa shape index (κ3) is 3.89. The first-order chi connectivity index (χ1) is 11.3. The molecule has 6 heteroatoms. The van der Waals surface area contributed by atoms with E-state index >= 15 is 0 Å². The molecule has 3 rings (SSSR count). The molecule has 1 N–H and O–H groups in total. The highest BCUT2D eigenvalue weighted by Gasteiger charge is 2.15. The van der Waals surface area contributed by atoms with Crippen molar-refractivity contribution in [1.82, 2.24) is 19.9 Å². The van der Waals surface area contributed by atoms with Crippen molar-refractivity contribution < 1.29 is 9.84 Å². The van der Waals surface area contributed by atoms with E-state index in [0.29, 0.717) is 12.1 Å². The molecule has 1 aromatic heterocycles. The summed E-state index contributed by atoms with van der Waals surface area (Å²) in [6.45, 7) is 4.09. The molecule has 1 aliphatic rings. The number of ether oxygens (including phenoxy) is 1. The predicted octanol–water partition coefficient (Wildman–Crippen LogP) is 1.47. The second-order valence-electron chi connectivity index (χ2n) is 5.94. The van der Waals surface area contributed by atoms with E-state index in [0.717, 1.165) is 30.1 Å². The van der Waals surface area contributed by atoms with Gasteiger partial charge in [-0.3, -0.25) is 0 Å². The van der Waals surface area contributed by atoms with E-state index in [1.165, 1.54) is 25.9 Å². The predicted molar refractivity (Wildman–Crippen MR) is 87.4 cm³/mol. The molecule has 1 aromatic carbocycles. The highest BCUT2D eigenvalue weighted by molar-refractivity contribution is 5.30. The number of aliphatic hydroxyl groups excluding tert-OH is 1. The first-order valence-corrected chi connectivity index (χ1v) is 8.17. The van der Waals surface area contributed by atoms with Crippen molar-refractivity contribution in [1.29, 1.82) is 0 Å². The minimum Gasteiger partial charge on any atom is -0.497 e. The SMILES string of the molecule is COc1ccc(Cc2c(CO)nnn2CCN2CCCC2)cc1. The van der Waals surface area contributed by atoms with Gasteiger partial charge in [0.25, 0.3) is 0 Å². The topological polar surface area (TPSA) is 63.4 Å². The zero-order chi connectivity index (χ0) is 16.1. The fourth-order valence-corrected chi connectivity index (χ4v) is 3.04. The monoisotopic (exact) mass is 316 g/mol. The van der Waals surface area contributed by atoms with E-state index < -0.39 is 0 Å². The van der Waals surface area contributed by atoms with Gasteiger partial charge in [-0.1, -0.05) is 17.3 Å². The van der Waals surface area contributed by atoms with Crippen LogP contribution in [0.4, 0.5) is 0 Å². The van der Waals surface area contributed by atoms with Crippen molar-refractivity contribution >= 4 is 0 Å². The molecule has 124 valence electrons. The summed E-state index contributed by atoms with van der Waals surface area (Å²) >= 11 is 0. The zero-order valence-corrected chi connectivity index (χ0v) is 13.6. The summed E-state index contributed by atoms with van der Waals surface area (Å²) in [6.07, 6.45) is 3.29. The molecular formula is C17H24N4O2. The minimum atomic E-state index is -0.0742. The molecule has 0 spiro atoms. The molecule has 1 fully saturated rings. The second kappa shape index (κ2) is 7.57. The van der Waals surface area contributed by atoms with Crippen LogP contribution in [0.25, 0.3) is 0 Å². The lowest BCUT2D eigenvalue weighted by atomic mass is 10.1. The third-order valence-corrected chi connectivity index (χ3v) is 4.43. The molecule has 0 radical (unpaired) electrons. The van der Waals surface area contributed by atoms with Crippen LogP contribution < -0.4 is 4.74 Å². The van der Waals surface area contributed by atoms with Gasteiger partial charge in [0.2, 0.25) is 0 Å². The molecule has 0 aliphatic carbocycles. The highest BCUT2D eigenvalue weighted by Crippen LogP contribution is 2.17. The van der Waals surface area contributed by atoms with Gasteiger partial charge in [0.1, 0.15) is 11.4 Å². The average molecular weight is 316 g/mol. The first-order valence-electron chi connectivity index (χ1n) is 8.17. The van der Waals surface area contributed by atoms with Gasteiger partial charge in [0, 0.05) is 13.0 Å². The molecule has 23 heavy (non-hydrogen) atoms. The van der Waals surface area contributed by atoms with Crippen LogP contribution in [0.3, 0.4) is 0 Å². The van der Waals surface area contributed by atoms with Crippen LogP contribution in [0, 0.1) is 0 Å². The van der Waals surface area contributed by atoms with Crippen LogP contribution in [-0.4, -0.2) is 51.7 Å². The van der Waals surface area contributed by atoms with Crippen molar-refractivity contribution in [3.05, 3.63) is 41.2 Å². The molecule has 0 bridgehead atoms. The fraction of sp³-hybridized carbons (Fsp3) is 0.529. The first kappa shape index (κ1) is 16.0. The Hall–Kier alpha value is -1.92. The Morgan fingerprint density at radius 1 is 1.13 bits per heavy atom. The summed E-state index contributed by atoms with van der Waals surface area (Å²) < 4.78 is 7.13. The van der Waals surface area contributed by atoms with Crippen LogP contribution in [0.2, 0.25) is 0 Å². The van der Waals surface area contributed by atoms with Crippen molar-refractivity contribution in [3.63, 3.8) is 0 Å². The second-order valence-corrected chi connectivity index (χ2v) is 5.94. The normalized spacial score (nSPS) is 15.2. The van der Waals surface area contributed by atoms with Gasteiger partial charge in [-0.25, -0.2) is 4.68 Å². The maximum Gasteiger partial charge on any atom is 0.118 e. The molecule has 0 unspecified atom stereocenters. The van der Waals surface area contributed by atoms with E-state index in [9.17, 15) is 5.11 Å². The maximum atomic E-state index is 9.53. The molecule has 2 heterocycles. The molecular weight excluding hydrogens is 292 g/mol. The largest absolute Gasteiger partial charge is 0.497 e. The zero-order valence-electron chi connectivity index (χ0n) is 13.6. The van der Waals surface area contributed by atoms with Gasteiger partial charge in [-0.15, -0.1) is 5.10 Å². The minimum absolute atomic E-state index is 0.0742. The lowest BCUT2D eigenvalue weighted by molar-refractivity contribution is 0.275. The quantitative estimate of drug-likeness (QED) is 0.838. The lowest BCUT2D eigenvalue weighted by Crippen LogP contribution is -2.25. The van der Waals surface area contributed by atoms with Gasteiger partial charge < -0.3 is 14.7 Å². The molecule has 0 saturated carbocycles. The van der Waals surface area contributed by atoms with Crippen molar-refractivity contribution in [3.8, 4) is 5.75 Å². The average Bonchev–Trinajstić information content (AvgIpc) is 3.23. The van der Waals surface area contributed by atoms with E-state index in [1.54, 1.807) is 7.11 Å². The summed E-state index contributed by atoms with van der Waals surface area (Å²) in [7, 11) is 1.66. The number of hydrogen-bond donors (Lipinski definition) is 1. The summed E-state index contributed by atoms with van der Waals surface area (Å²) in [5.74, 6) is 0.844. The molecule has 2 aromatic rings. The van der Waals surface area contributed by atoms with Gasteiger partial charge in [0.15, 0.2) is 0 Å². The Balaban J connectivity index is 1.71. The van der Waals surface area contributed by atoms with Crippen molar-refractivity contribution in [2.24, 2.45) is 0 Å². The number of aromatic nitrogens is 3. The van der Waals surface area contributed by atoms with E-state index in [1.807, 2.05) is 28.9 Å². The Labute approximate surface area is 136 Å². The molecule has 0 amide bonds. The number of aliphatic hydroxyl groups is 1. The number of likely N-dealkylation sites (tertiary alicyclic amines) is 1. The standard InChI is InChI=1S/C17H24N4O2/c1-23-15-6-4-14(5-7-15)12-17-16(13-22)18-19-21(17)11-10-20-8-2-3-9-20/h4-7,22H,2-3,8-13H2,1H3. The maximum absolute atomic E-state index is 9.53. The Morgan fingerprint density at radius 3 is 2.52 bits per heavy atom. The smallest absolute Gasteiger partial charge is 0.118 e. The number of methoxy groups -OCH3 is 1. The number of benzene rings is 1. The van der Waals surface area contributed by atoms with Crippen molar-refractivity contribution in [2.75, 3.05) is 26.7 Å². The summed E-state index contributed by atoms with van der Waals surface area (Å²) in [5, 5.41) is 17.9. The van der Waals surface area contributed by atoms with Crippen molar-refractivity contribution in [2.45, 2.75) is 32.4 Å². The van der Waals surface area contributed by atoms with Crippen LogP contribution in [-0.2, 0) is 19.6 Å². The van der Waals surface area contributed by atoms with Gasteiger partial charge in [0.05, 0.1) is 26.0 Å². The summed E-state index contributed by atoms with van der Waals surface area (Å²) in [4.78, 5) is 2.46. The van der Waals surface area contributed by atoms with E-state index in [4.69, 9.17) is 4.74 Å². The van der Waals surface area contributed by atoms with Gasteiger partial charge >= 0.3 is 0 Å². The molecule has 1 aliphatic heterocycles.